The van der Waals surface area contributed by atoms with E-state index in [-0.39, 0.29) is 12.5 Å². The van der Waals surface area contributed by atoms with Gasteiger partial charge in [0.05, 0.1) is 0 Å². The summed E-state index contributed by atoms with van der Waals surface area (Å²) < 4.78 is 5.40. The molecule has 2 rings (SSSR count). The Morgan fingerprint density at radius 2 is 2.29 bits per heavy atom. The predicted molar refractivity (Wildman–Crippen MR) is 65.6 cm³/mol. The van der Waals surface area contributed by atoms with Crippen molar-refractivity contribution in [3.63, 3.8) is 0 Å². The molecule has 1 saturated carbocycles. The quantitative estimate of drug-likeness (QED) is 0.773. The maximum Gasteiger partial charge on any atom is 0.257 e. The SMILES string of the molecule is NCc1cccc(OCC(=O)NCC2CC2)c1. The summed E-state index contributed by atoms with van der Waals surface area (Å²) in [7, 11) is 0. The second kappa shape index (κ2) is 5.68. The van der Waals surface area contributed by atoms with E-state index in [1.807, 2.05) is 24.3 Å². The molecule has 0 heterocycles. The maximum absolute atomic E-state index is 11.4. The molecule has 1 aromatic carbocycles. The van der Waals surface area contributed by atoms with Crippen LogP contribution in [0.15, 0.2) is 24.3 Å². The Balaban J connectivity index is 1.73. The van der Waals surface area contributed by atoms with E-state index in [2.05, 4.69) is 5.32 Å². The largest absolute Gasteiger partial charge is 0.484 e. The smallest absolute Gasteiger partial charge is 0.257 e. The van der Waals surface area contributed by atoms with E-state index in [1.54, 1.807) is 0 Å². The summed E-state index contributed by atoms with van der Waals surface area (Å²) in [5.41, 5.74) is 6.53. The highest BCUT2D eigenvalue weighted by Gasteiger charge is 2.21. The van der Waals surface area contributed by atoms with Crippen LogP contribution >= 0.6 is 0 Å². The molecule has 0 unspecified atom stereocenters. The lowest BCUT2D eigenvalue weighted by Crippen LogP contribution is -2.30. The highest BCUT2D eigenvalue weighted by molar-refractivity contribution is 5.77. The van der Waals surface area contributed by atoms with Crippen molar-refractivity contribution >= 4 is 5.91 Å². The number of nitrogens with two attached hydrogens (primary N) is 1. The van der Waals surface area contributed by atoms with Crippen LogP contribution < -0.4 is 15.8 Å². The molecule has 4 nitrogen and oxygen atoms in total. The lowest BCUT2D eigenvalue weighted by atomic mass is 10.2. The highest BCUT2D eigenvalue weighted by atomic mass is 16.5. The van der Waals surface area contributed by atoms with Crippen LogP contribution in [-0.4, -0.2) is 19.1 Å². The summed E-state index contributed by atoms with van der Waals surface area (Å²) in [5, 5.41) is 2.85. The standard InChI is InChI=1S/C13H18N2O2/c14-7-11-2-1-3-12(6-11)17-9-13(16)15-8-10-4-5-10/h1-3,6,10H,4-5,7-9,14H2,(H,15,16). The van der Waals surface area contributed by atoms with Crippen molar-refractivity contribution in [2.75, 3.05) is 13.2 Å². The summed E-state index contributed by atoms with van der Waals surface area (Å²) >= 11 is 0. The maximum atomic E-state index is 11.4. The molecule has 1 aliphatic rings. The molecule has 17 heavy (non-hydrogen) atoms. The zero-order chi connectivity index (χ0) is 12.1. The zero-order valence-electron chi connectivity index (χ0n) is 9.82. The van der Waals surface area contributed by atoms with Crippen molar-refractivity contribution in [3.05, 3.63) is 29.8 Å². The van der Waals surface area contributed by atoms with Gasteiger partial charge in [0.15, 0.2) is 6.61 Å². The summed E-state index contributed by atoms with van der Waals surface area (Å²) in [4.78, 5) is 11.4. The average Bonchev–Trinajstić information content (AvgIpc) is 3.18. The van der Waals surface area contributed by atoms with Crippen molar-refractivity contribution in [1.29, 1.82) is 0 Å². The number of hydrogen-bond donors (Lipinski definition) is 2. The fourth-order valence-corrected chi connectivity index (χ4v) is 1.54. The van der Waals surface area contributed by atoms with Crippen LogP contribution in [0.1, 0.15) is 18.4 Å². The van der Waals surface area contributed by atoms with Gasteiger partial charge in [-0.25, -0.2) is 0 Å². The molecule has 0 spiro atoms. The molecule has 4 heteroatoms. The Labute approximate surface area is 101 Å². The molecule has 0 saturated heterocycles. The van der Waals surface area contributed by atoms with Crippen LogP contribution in [0.4, 0.5) is 0 Å². The second-order valence-electron chi connectivity index (χ2n) is 4.39. The molecule has 0 atom stereocenters. The number of carbonyl (C=O) groups excluding carboxylic acids is 1. The average molecular weight is 234 g/mol. The third-order valence-corrected chi connectivity index (χ3v) is 2.79. The molecule has 0 aromatic heterocycles. The van der Waals surface area contributed by atoms with Crippen LogP contribution in [0.25, 0.3) is 0 Å². The van der Waals surface area contributed by atoms with Gasteiger partial charge in [-0.05, 0) is 36.5 Å². The second-order valence-corrected chi connectivity index (χ2v) is 4.39. The lowest BCUT2D eigenvalue weighted by Gasteiger charge is -2.07. The van der Waals surface area contributed by atoms with Gasteiger partial charge in [-0.1, -0.05) is 12.1 Å². The minimum atomic E-state index is -0.0601. The molecule has 3 N–H and O–H groups in total. The van der Waals surface area contributed by atoms with Crippen molar-refractivity contribution in [2.24, 2.45) is 11.7 Å². The number of nitrogens with one attached hydrogen (secondary N) is 1. The van der Waals surface area contributed by atoms with Gasteiger partial charge in [0.1, 0.15) is 5.75 Å². The van der Waals surface area contributed by atoms with Crippen molar-refractivity contribution in [1.82, 2.24) is 5.32 Å². The van der Waals surface area contributed by atoms with E-state index in [4.69, 9.17) is 10.5 Å². The molecule has 1 aliphatic carbocycles. The third-order valence-electron chi connectivity index (χ3n) is 2.79. The van der Waals surface area contributed by atoms with Crippen LogP contribution in [0.2, 0.25) is 0 Å². The molecule has 1 aromatic rings. The van der Waals surface area contributed by atoms with E-state index >= 15 is 0 Å². The van der Waals surface area contributed by atoms with Crippen molar-refractivity contribution in [2.45, 2.75) is 19.4 Å². The normalized spacial score (nSPS) is 14.4. The number of benzene rings is 1. The van der Waals surface area contributed by atoms with Gasteiger partial charge in [0, 0.05) is 13.1 Å². The van der Waals surface area contributed by atoms with Gasteiger partial charge in [-0.2, -0.15) is 0 Å². The predicted octanol–water partition coefficient (Wildman–Crippen LogP) is 1.05. The monoisotopic (exact) mass is 234 g/mol. The van der Waals surface area contributed by atoms with Crippen LogP contribution in [-0.2, 0) is 11.3 Å². The first-order valence-corrected chi connectivity index (χ1v) is 5.96. The van der Waals surface area contributed by atoms with E-state index in [0.29, 0.717) is 18.2 Å². The Morgan fingerprint density at radius 1 is 1.47 bits per heavy atom. The molecule has 92 valence electrons. The minimum Gasteiger partial charge on any atom is -0.484 e. The number of rotatable bonds is 6. The molecule has 0 aliphatic heterocycles. The zero-order valence-corrected chi connectivity index (χ0v) is 9.82. The first-order chi connectivity index (χ1) is 8.28. The fourth-order valence-electron chi connectivity index (χ4n) is 1.54. The van der Waals surface area contributed by atoms with E-state index in [0.717, 1.165) is 12.1 Å². The van der Waals surface area contributed by atoms with E-state index in [1.165, 1.54) is 12.8 Å². The Bertz CT molecular complexity index is 389. The Hall–Kier alpha value is -1.55. The van der Waals surface area contributed by atoms with Crippen LogP contribution in [0.3, 0.4) is 0 Å². The number of amides is 1. The summed E-state index contributed by atoms with van der Waals surface area (Å²) in [6.45, 7) is 1.33. The molecular formula is C13H18N2O2. The summed E-state index contributed by atoms with van der Waals surface area (Å²) in [5.74, 6) is 1.32. The summed E-state index contributed by atoms with van der Waals surface area (Å²) in [6.07, 6.45) is 2.47. The third kappa shape index (κ3) is 4.07. The molecule has 0 bridgehead atoms. The van der Waals surface area contributed by atoms with Gasteiger partial charge < -0.3 is 15.8 Å². The topological polar surface area (TPSA) is 64.3 Å². The number of hydrogen-bond acceptors (Lipinski definition) is 3. The van der Waals surface area contributed by atoms with Gasteiger partial charge in [-0.3, -0.25) is 4.79 Å². The molecular weight excluding hydrogens is 216 g/mol. The van der Waals surface area contributed by atoms with Gasteiger partial charge in [0.2, 0.25) is 0 Å². The van der Waals surface area contributed by atoms with Gasteiger partial charge in [-0.15, -0.1) is 0 Å². The van der Waals surface area contributed by atoms with Crippen molar-refractivity contribution in [3.8, 4) is 5.75 Å². The molecule has 1 fully saturated rings. The molecule has 1 amide bonds. The van der Waals surface area contributed by atoms with Crippen LogP contribution in [0.5, 0.6) is 5.75 Å². The highest BCUT2D eigenvalue weighted by Crippen LogP contribution is 2.27. The summed E-state index contributed by atoms with van der Waals surface area (Å²) in [6, 6.07) is 7.49. The van der Waals surface area contributed by atoms with E-state index < -0.39 is 0 Å². The van der Waals surface area contributed by atoms with Crippen molar-refractivity contribution < 1.29 is 9.53 Å². The molecule has 0 radical (unpaired) electrons. The Kier molecular flexibility index (Phi) is 3.98. The Morgan fingerprint density at radius 3 is 3.00 bits per heavy atom. The first-order valence-electron chi connectivity index (χ1n) is 5.96. The minimum absolute atomic E-state index is 0.0601. The van der Waals surface area contributed by atoms with Crippen LogP contribution in [0, 0.1) is 5.92 Å². The number of carbonyl (C=O) groups is 1. The number of ether oxygens (including phenoxy) is 1. The van der Waals surface area contributed by atoms with E-state index in [9.17, 15) is 4.79 Å². The van der Waals surface area contributed by atoms with Gasteiger partial charge >= 0.3 is 0 Å². The lowest BCUT2D eigenvalue weighted by molar-refractivity contribution is -0.123. The first kappa shape index (κ1) is 11.9. The fraction of sp³-hybridized carbons (Fsp3) is 0.462. The van der Waals surface area contributed by atoms with Gasteiger partial charge in [0.25, 0.3) is 5.91 Å².